The standard InChI is InChI=1S/C50H37NSi/c1-6-19-39(20-7-1)51(40-21-8-2-9-22-40)50-32-18-31-46-48(50)34-33-47-45-30-17-16-29-44(45)38(37-49(46)47)35-36-52(41-23-10-3-11-24-41,42-25-12-4-13-26-42)43-27-14-5-15-28-43/h1-37H/b36-35+. The Morgan fingerprint density at radius 3 is 1.27 bits per heavy atom. The quantitative estimate of drug-likeness (QED) is 0.0878. The van der Waals surface area contributed by atoms with Gasteiger partial charge in [-0.1, -0.05) is 188 Å². The lowest BCUT2D eigenvalue weighted by atomic mass is 9.93. The molecule has 0 aliphatic rings. The molecule has 0 radical (unpaired) electrons. The molecule has 9 rings (SSSR count). The first kappa shape index (κ1) is 31.5. The number of hydrogen-bond acceptors (Lipinski definition) is 1. The first-order chi connectivity index (χ1) is 25.8. The van der Waals surface area contributed by atoms with Crippen molar-refractivity contribution in [1.29, 1.82) is 0 Å². The van der Waals surface area contributed by atoms with Crippen LogP contribution < -0.4 is 20.5 Å². The summed E-state index contributed by atoms with van der Waals surface area (Å²) < 4.78 is 0. The molecule has 0 heterocycles. The predicted octanol–water partition coefficient (Wildman–Crippen LogP) is 11.3. The van der Waals surface area contributed by atoms with Crippen molar-refractivity contribution < 1.29 is 0 Å². The summed E-state index contributed by atoms with van der Waals surface area (Å²) in [5, 5.41) is 11.6. The van der Waals surface area contributed by atoms with Crippen LogP contribution in [0.2, 0.25) is 0 Å². The van der Waals surface area contributed by atoms with E-state index in [9.17, 15) is 0 Å². The zero-order chi connectivity index (χ0) is 34.7. The van der Waals surface area contributed by atoms with Crippen molar-refractivity contribution in [1.82, 2.24) is 0 Å². The van der Waals surface area contributed by atoms with Gasteiger partial charge in [-0.25, -0.2) is 0 Å². The number of benzene rings is 9. The molecule has 2 heteroatoms. The molecule has 0 N–H and O–H groups in total. The smallest absolute Gasteiger partial charge is 0.172 e. The summed E-state index contributed by atoms with van der Waals surface area (Å²) in [6, 6.07) is 77.4. The maximum Gasteiger partial charge on any atom is 0.172 e. The average Bonchev–Trinajstić information content (AvgIpc) is 3.23. The van der Waals surface area contributed by atoms with Gasteiger partial charge in [0.1, 0.15) is 0 Å². The Morgan fingerprint density at radius 2 is 0.731 bits per heavy atom. The molecule has 0 unspecified atom stereocenters. The van der Waals surface area contributed by atoms with Gasteiger partial charge in [0.2, 0.25) is 0 Å². The normalized spacial score (nSPS) is 11.8. The van der Waals surface area contributed by atoms with Gasteiger partial charge in [0.25, 0.3) is 0 Å². The largest absolute Gasteiger partial charge is 0.310 e. The third-order valence-corrected chi connectivity index (χ3v) is 14.8. The zero-order valence-electron chi connectivity index (χ0n) is 28.8. The maximum absolute atomic E-state index is 2.60. The molecule has 0 aliphatic carbocycles. The predicted molar refractivity (Wildman–Crippen MR) is 227 cm³/mol. The van der Waals surface area contributed by atoms with Gasteiger partial charge in [0, 0.05) is 16.8 Å². The van der Waals surface area contributed by atoms with Crippen LogP contribution in [0.3, 0.4) is 0 Å². The van der Waals surface area contributed by atoms with E-state index in [2.05, 4.69) is 229 Å². The molecule has 0 atom stereocenters. The molecule has 0 saturated heterocycles. The Hall–Kier alpha value is -6.48. The SMILES string of the molecule is C(=C\[Si](c1ccccc1)(c1ccccc1)c1ccccc1)/c1cc2c3cccc(N(c4ccccc4)c4ccccc4)c3ccc2c2ccccc12. The van der Waals surface area contributed by atoms with E-state index in [4.69, 9.17) is 0 Å². The second kappa shape index (κ2) is 13.7. The van der Waals surface area contributed by atoms with Crippen molar-refractivity contribution in [2.75, 3.05) is 4.90 Å². The van der Waals surface area contributed by atoms with Crippen molar-refractivity contribution in [3.63, 3.8) is 0 Å². The number of anilines is 3. The van der Waals surface area contributed by atoms with Crippen LogP contribution >= 0.6 is 0 Å². The fraction of sp³-hybridized carbons (Fsp3) is 0. The molecule has 9 aromatic rings. The summed E-state index contributed by atoms with van der Waals surface area (Å²) in [6.07, 6.45) is 2.42. The second-order valence-corrected chi connectivity index (χ2v) is 17.0. The van der Waals surface area contributed by atoms with E-state index >= 15 is 0 Å². The monoisotopic (exact) mass is 679 g/mol. The Balaban J connectivity index is 1.30. The van der Waals surface area contributed by atoms with Crippen LogP contribution in [0, 0.1) is 0 Å². The number of hydrogen-bond donors (Lipinski definition) is 0. The van der Waals surface area contributed by atoms with Crippen LogP contribution in [0.4, 0.5) is 17.1 Å². The number of para-hydroxylation sites is 2. The summed E-state index contributed by atoms with van der Waals surface area (Å²) >= 11 is 0. The van der Waals surface area contributed by atoms with Crippen molar-refractivity contribution in [3.8, 4) is 0 Å². The van der Waals surface area contributed by atoms with Gasteiger partial charge < -0.3 is 4.90 Å². The fourth-order valence-corrected chi connectivity index (χ4v) is 12.1. The highest BCUT2D eigenvalue weighted by molar-refractivity contribution is 7.15. The Kier molecular flexibility index (Phi) is 8.28. The lowest BCUT2D eigenvalue weighted by Gasteiger charge is -2.31. The summed E-state index contributed by atoms with van der Waals surface area (Å²) in [5.74, 6) is 0. The number of rotatable bonds is 8. The van der Waals surface area contributed by atoms with Crippen molar-refractivity contribution in [3.05, 3.63) is 224 Å². The van der Waals surface area contributed by atoms with E-state index in [1.165, 1.54) is 53.4 Å². The fourth-order valence-electron chi connectivity index (χ4n) is 7.98. The van der Waals surface area contributed by atoms with Crippen molar-refractivity contribution >= 4 is 79.1 Å². The van der Waals surface area contributed by atoms with E-state index in [-0.39, 0.29) is 0 Å². The molecule has 0 spiro atoms. The topological polar surface area (TPSA) is 3.24 Å². The van der Waals surface area contributed by atoms with Gasteiger partial charge in [0.15, 0.2) is 8.07 Å². The van der Waals surface area contributed by atoms with E-state index < -0.39 is 8.07 Å². The van der Waals surface area contributed by atoms with Crippen molar-refractivity contribution in [2.24, 2.45) is 0 Å². The zero-order valence-corrected chi connectivity index (χ0v) is 29.8. The minimum absolute atomic E-state index is 1.13. The lowest BCUT2D eigenvalue weighted by molar-refractivity contribution is 1.30. The number of fused-ring (bicyclic) bond motifs is 5. The van der Waals surface area contributed by atoms with Gasteiger partial charge in [-0.15, -0.1) is 0 Å². The average molecular weight is 680 g/mol. The first-order valence-corrected chi connectivity index (χ1v) is 20.0. The highest BCUT2D eigenvalue weighted by Gasteiger charge is 2.36. The maximum atomic E-state index is 2.56. The Morgan fingerprint density at radius 1 is 0.327 bits per heavy atom. The van der Waals surface area contributed by atoms with Crippen LogP contribution in [-0.4, -0.2) is 8.07 Å². The molecular weight excluding hydrogens is 643 g/mol. The summed E-state index contributed by atoms with van der Waals surface area (Å²) in [6.45, 7) is 0. The highest BCUT2D eigenvalue weighted by atomic mass is 28.3. The summed E-state index contributed by atoms with van der Waals surface area (Å²) in [4.78, 5) is 2.37. The minimum atomic E-state index is -2.60. The first-order valence-electron chi connectivity index (χ1n) is 17.9. The lowest BCUT2D eigenvalue weighted by Crippen LogP contribution is -2.66. The Bertz CT molecular complexity index is 2520. The van der Waals surface area contributed by atoms with Gasteiger partial charge in [-0.3, -0.25) is 0 Å². The van der Waals surface area contributed by atoms with Gasteiger partial charge in [0.05, 0.1) is 5.69 Å². The molecular formula is C50H37NSi. The molecule has 9 aromatic carbocycles. The van der Waals surface area contributed by atoms with Gasteiger partial charge >= 0.3 is 0 Å². The third-order valence-electron chi connectivity index (χ3n) is 10.4. The molecule has 0 amide bonds. The molecule has 52 heavy (non-hydrogen) atoms. The van der Waals surface area contributed by atoms with Gasteiger partial charge in [-0.2, -0.15) is 0 Å². The molecule has 0 fully saturated rings. The van der Waals surface area contributed by atoms with Crippen molar-refractivity contribution in [2.45, 2.75) is 0 Å². The van der Waals surface area contributed by atoms with E-state index in [0.717, 1.165) is 17.1 Å². The van der Waals surface area contributed by atoms with Crippen LogP contribution in [0.1, 0.15) is 5.56 Å². The highest BCUT2D eigenvalue weighted by Crippen LogP contribution is 2.42. The van der Waals surface area contributed by atoms with Crippen LogP contribution in [0.5, 0.6) is 0 Å². The third kappa shape index (κ3) is 5.51. The van der Waals surface area contributed by atoms with E-state index in [1.54, 1.807) is 0 Å². The van der Waals surface area contributed by atoms with Crippen LogP contribution in [0.25, 0.3) is 38.4 Å². The molecule has 1 nitrogen and oxygen atoms in total. The number of nitrogens with zero attached hydrogens (tertiary/aromatic N) is 1. The second-order valence-electron chi connectivity index (χ2n) is 13.3. The molecule has 0 aliphatic heterocycles. The van der Waals surface area contributed by atoms with Gasteiger partial charge in [-0.05, 0) is 84.5 Å². The Labute approximate surface area is 306 Å². The van der Waals surface area contributed by atoms with Crippen LogP contribution in [-0.2, 0) is 0 Å². The van der Waals surface area contributed by atoms with Crippen LogP contribution in [0.15, 0.2) is 218 Å². The molecule has 0 aromatic heterocycles. The summed E-state index contributed by atoms with van der Waals surface area (Å²) in [5.41, 5.74) is 7.21. The van der Waals surface area contributed by atoms with E-state index in [1.807, 2.05) is 0 Å². The summed E-state index contributed by atoms with van der Waals surface area (Å²) in [7, 11) is -2.60. The molecule has 0 saturated carbocycles. The van der Waals surface area contributed by atoms with E-state index in [0.29, 0.717) is 0 Å². The molecule has 246 valence electrons. The molecule has 0 bridgehead atoms. The minimum Gasteiger partial charge on any atom is -0.310 e.